The highest BCUT2D eigenvalue weighted by atomic mass is 32.1. The molecule has 4 nitrogen and oxygen atoms in total. The summed E-state index contributed by atoms with van der Waals surface area (Å²) in [5.41, 5.74) is 8.84. The molecule has 0 bridgehead atoms. The van der Waals surface area contributed by atoms with Gasteiger partial charge in [0.05, 0.1) is 26.8 Å². The maximum Gasteiger partial charge on any atom is 0.160 e. The number of furan rings is 2. The van der Waals surface area contributed by atoms with Crippen molar-refractivity contribution in [2.45, 2.75) is 0 Å². The van der Waals surface area contributed by atoms with Gasteiger partial charge in [-0.3, -0.25) is 0 Å². The van der Waals surface area contributed by atoms with Gasteiger partial charge in [-0.1, -0.05) is 78.9 Å². The molecule has 0 radical (unpaired) electrons. The van der Waals surface area contributed by atoms with Crippen LogP contribution in [0, 0.1) is 0 Å². The fourth-order valence-corrected chi connectivity index (χ4v) is 8.41. The van der Waals surface area contributed by atoms with Crippen molar-refractivity contribution in [1.82, 2.24) is 9.55 Å². The number of rotatable bonds is 2. The van der Waals surface area contributed by atoms with Gasteiger partial charge in [-0.25, -0.2) is 4.98 Å². The Morgan fingerprint density at radius 3 is 2.20 bits per heavy atom. The highest BCUT2D eigenvalue weighted by Gasteiger charge is 2.22. The number of aromatic nitrogens is 2. The predicted molar refractivity (Wildman–Crippen MR) is 191 cm³/mol. The van der Waals surface area contributed by atoms with E-state index in [2.05, 4.69) is 120 Å². The quantitative estimate of drug-likeness (QED) is 0.197. The molecule has 0 amide bonds. The first-order valence-electron chi connectivity index (χ1n) is 15.4. The Labute approximate surface area is 265 Å². The van der Waals surface area contributed by atoms with Gasteiger partial charge in [-0.05, 0) is 65.4 Å². The fourth-order valence-electron chi connectivity index (χ4n) is 7.39. The third-order valence-electron chi connectivity index (χ3n) is 9.41. The van der Waals surface area contributed by atoms with E-state index in [0.29, 0.717) is 0 Å². The smallest absolute Gasteiger partial charge is 0.160 e. The molecule has 214 valence electrons. The molecule has 0 unspecified atom stereocenters. The number of fused-ring (bicyclic) bond motifs is 12. The molecule has 11 rings (SSSR count). The van der Waals surface area contributed by atoms with Crippen LogP contribution in [0.5, 0.6) is 0 Å². The molecule has 0 saturated carbocycles. The van der Waals surface area contributed by atoms with Crippen LogP contribution in [0.3, 0.4) is 0 Å². The van der Waals surface area contributed by atoms with E-state index >= 15 is 0 Å². The maximum atomic E-state index is 6.74. The van der Waals surface area contributed by atoms with Crippen molar-refractivity contribution in [2.75, 3.05) is 0 Å². The van der Waals surface area contributed by atoms with Gasteiger partial charge in [-0.2, -0.15) is 0 Å². The zero-order valence-electron chi connectivity index (χ0n) is 24.3. The van der Waals surface area contributed by atoms with E-state index in [0.717, 1.165) is 82.1 Å². The van der Waals surface area contributed by atoms with Crippen LogP contribution >= 0.6 is 11.3 Å². The molecular weight excluding hydrogens is 585 g/mol. The lowest BCUT2D eigenvalue weighted by atomic mass is 10.0. The molecule has 0 fully saturated rings. The van der Waals surface area contributed by atoms with Crippen molar-refractivity contribution in [1.29, 1.82) is 0 Å². The maximum absolute atomic E-state index is 6.74. The number of benzene rings is 7. The Kier molecular flexibility index (Phi) is 4.69. The molecule has 11 aromatic rings. The molecule has 46 heavy (non-hydrogen) atoms. The second kappa shape index (κ2) is 8.84. The molecule has 4 aromatic heterocycles. The largest absolute Gasteiger partial charge is 0.455 e. The summed E-state index contributed by atoms with van der Waals surface area (Å²) < 4.78 is 16.8. The van der Waals surface area contributed by atoms with E-state index in [1.807, 2.05) is 18.2 Å². The van der Waals surface area contributed by atoms with Crippen LogP contribution < -0.4 is 0 Å². The Morgan fingerprint density at radius 2 is 1.26 bits per heavy atom. The summed E-state index contributed by atoms with van der Waals surface area (Å²) in [6, 6.07) is 47.0. The number of thiazole rings is 1. The van der Waals surface area contributed by atoms with Crippen LogP contribution in [0.15, 0.2) is 142 Å². The number of hydrogen-bond acceptors (Lipinski definition) is 4. The van der Waals surface area contributed by atoms with Gasteiger partial charge in [0.15, 0.2) is 5.58 Å². The van der Waals surface area contributed by atoms with Gasteiger partial charge >= 0.3 is 0 Å². The first-order chi connectivity index (χ1) is 22.8. The first kappa shape index (κ1) is 24.4. The number of hydrogen-bond donors (Lipinski definition) is 0. The predicted octanol–water partition coefficient (Wildman–Crippen LogP) is 12.0. The van der Waals surface area contributed by atoms with Gasteiger partial charge in [0, 0.05) is 38.0 Å². The van der Waals surface area contributed by atoms with Gasteiger partial charge < -0.3 is 13.4 Å². The third-order valence-corrected chi connectivity index (χ3v) is 10.5. The van der Waals surface area contributed by atoms with Crippen molar-refractivity contribution in [3.05, 3.63) is 133 Å². The molecule has 5 heteroatoms. The zero-order chi connectivity index (χ0) is 29.9. The summed E-state index contributed by atoms with van der Waals surface area (Å²) in [7, 11) is 0. The Bertz CT molecular complexity index is 3010. The Balaban J connectivity index is 1.25. The van der Waals surface area contributed by atoms with Crippen LogP contribution in [0.4, 0.5) is 0 Å². The van der Waals surface area contributed by atoms with Gasteiger partial charge in [0.1, 0.15) is 21.8 Å². The van der Waals surface area contributed by atoms with Crippen molar-refractivity contribution in [2.24, 2.45) is 0 Å². The minimum absolute atomic E-state index is 0.853. The average Bonchev–Trinajstić information content (AvgIpc) is 3.87. The highest BCUT2D eigenvalue weighted by Crippen LogP contribution is 2.45. The molecule has 0 aliphatic rings. The molecule has 0 N–H and O–H groups in total. The van der Waals surface area contributed by atoms with Crippen LogP contribution in [-0.2, 0) is 0 Å². The normalized spacial score (nSPS) is 12.3. The van der Waals surface area contributed by atoms with Crippen LogP contribution in [0.25, 0.3) is 103 Å². The van der Waals surface area contributed by atoms with Crippen LogP contribution in [-0.4, -0.2) is 9.55 Å². The number of nitrogens with zero attached hydrogens (tertiary/aromatic N) is 2. The van der Waals surface area contributed by atoms with Crippen LogP contribution in [0.1, 0.15) is 0 Å². The summed E-state index contributed by atoms with van der Waals surface area (Å²) in [5, 5.41) is 10.0. The van der Waals surface area contributed by atoms with Crippen molar-refractivity contribution >= 4 is 98.0 Å². The topological polar surface area (TPSA) is 44.1 Å². The summed E-state index contributed by atoms with van der Waals surface area (Å²) in [4.78, 5) is 5.07. The Morgan fingerprint density at radius 1 is 0.522 bits per heavy atom. The molecule has 0 saturated heterocycles. The monoisotopic (exact) mass is 606 g/mol. The second-order valence-electron chi connectivity index (χ2n) is 11.9. The summed E-state index contributed by atoms with van der Waals surface area (Å²) in [6.07, 6.45) is 0. The summed E-state index contributed by atoms with van der Waals surface area (Å²) in [5.74, 6) is 0. The highest BCUT2D eigenvalue weighted by molar-refractivity contribution is 7.21. The lowest BCUT2D eigenvalue weighted by Gasteiger charge is -2.08. The zero-order valence-corrected chi connectivity index (χ0v) is 25.1. The molecule has 7 aromatic carbocycles. The molecule has 4 heterocycles. The molecule has 0 atom stereocenters. The molecule has 0 spiro atoms. The summed E-state index contributed by atoms with van der Waals surface area (Å²) in [6.45, 7) is 0. The summed E-state index contributed by atoms with van der Waals surface area (Å²) >= 11 is 1.71. The Hall–Kier alpha value is -5.91. The minimum Gasteiger partial charge on any atom is -0.455 e. The van der Waals surface area contributed by atoms with Crippen molar-refractivity contribution in [3.63, 3.8) is 0 Å². The third kappa shape index (κ3) is 3.19. The van der Waals surface area contributed by atoms with E-state index in [4.69, 9.17) is 13.8 Å². The minimum atomic E-state index is 0.853. The molecule has 0 aliphatic heterocycles. The number of para-hydroxylation sites is 3. The van der Waals surface area contributed by atoms with E-state index in [1.165, 1.54) is 20.9 Å². The molecular formula is C41H22N2O2S. The van der Waals surface area contributed by atoms with Gasteiger partial charge in [0.25, 0.3) is 0 Å². The van der Waals surface area contributed by atoms with E-state index < -0.39 is 0 Å². The van der Waals surface area contributed by atoms with E-state index in [9.17, 15) is 0 Å². The van der Waals surface area contributed by atoms with Crippen LogP contribution in [0.2, 0.25) is 0 Å². The SMILES string of the molecule is c1ccc2c(-c3nc4ccccc4s3)c3oc4ccc(-n5c6ccccc6c6ccc7c8ccccc8oc7c65)cc4c3cc2c1. The van der Waals surface area contributed by atoms with E-state index in [1.54, 1.807) is 11.3 Å². The first-order valence-corrected chi connectivity index (χ1v) is 16.2. The fraction of sp³-hybridized carbons (Fsp3) is 0. The lowest BCUT2D eigenvalue weighted by Crippen LogP contribution is -1.93. The second-order valence-corrected chi connectivity index (χ2v) is 12.9. The standard InChI is InChI=1S/C41H22N2O2S/c1-2-10-25-23(9-1)21-31-30-22-24(17-20-35(30)44-39(31)37(25)41-42-32-13-5-8-16-36(32)46-41)43-33-14-6-3-11-26(33)28-18-19-29-27-12-4-7-15-34(27)45-40(29)38(28)43/h1-22H. The van der Waals surface area contributed by atoms with Gasteiger partial charge in [0.2, 0.25) is 0 Å². The van der Waals surface area contributed by atoms with E-state index in [-0.39, 0.29) is 0 Å². The average molecular weight is 607 g/mol. The molecule has 0 aliphatic carbocycles. The van der Waals surface area contributed by atoms with Gasteiger partial charge in [-0.15, -0.1) is 11.3 Å². The lowest BCUT2D eigenvalue weighted by molar-refractivity contribution is 0.670. The van der Waals surface area contributed by atoms with Crippen molar-refractivity contribution in [3.8, 4) is 16.3 Å². The van der Waals surface area contributed by atoms with Crippen molar-refractivity contribution < 1.29 is 8.83 Å².